The monoisotopic (exact) mass is 257 g/mol. The molecule has 0 spiro atoms. The molecular formula is C13H23NO4. The molecule has 0 aliphatic heterocycles. The topological polar surface area (TPSA) is 86.6 Å². The van der Waals surface area contributed by atoms with Gasteiger partial charge in [0.05, 0.1) is 11.5 Å². The molecule has 0 radical (unpaired) electrons. The zero-order valence-electron chi connectivity index (χ0n) is 10.9. The third kappa shape index (κ3) is 4.29. The van der Waals surface area contributed by atoms with Gasteiger partial charge in [-0.25, -0.2) is 0 Å². The largest absolute Gasteiger partial charge is 0.481 e. The van der Waals surface area contributed by atoms with Crippen molar-refractivity contribution in [1.82, 2.24) is 5.32 Å². The lowest BCUT2D eigenvalue weighted by atomic mass is 9.77. The van der Waals surface area contributed by atoms with E-state index in [0.29, 0.717) is 12.8 Å². The number of carboxylic acid groups (broad SMARTS) is 1. The number of carboxylic acids is 1. The SMILES string of the molecule is C[C@@H](O)CNC(=O)CC1(C(=O)O)CCCCCC1. The van der Waals surface area contributed by atoms with Gasteiger partial charge in [-0.1, -0.05) is 25.7 Å². The summed E-state index contributed by atoms with van der Waals surface area (Å²) in [4.78, 5) is 23.2. The molecule has 0 aromatic rings. The van der Waals surface area contributed by atoms with Crippen LogP contribution in [0.2, 0.25) is 0 Å². The summed E-state index contributed by atoms with van der Waals surface area (Å²) in [5.74, 6) is -1.14. The number of carbonyl (C=O) groups is 2. The minimum Gasteiger partial charge on any atom is -0.481 e. The van der Waals surface area contributed by atoms with Crippen molar-refractivity contribution in [3.05, 3.63) is 0 Å². The van der Waals surface area contributed by atoms with E-state index in [1.807, 2.05) is 0 Å². The number of rotatable bonds is 5. The first-order valence-corrected chi connectivity index (χ1v) is 6.64. The van der Waals surface area contributed by atoms with Crippen LogP contribution in [-0.4, -0.2) is 34.7 Å². The van der Waals surface area contributed by atoms with Crippen LogP contribution in [0.25, 0.3) is 0 Å². The fraction of sp³-hybridized carbons (Fsp3) is 0.846. The van der Waals surface area contributed by atoms with E-state index in [1.165, 1.54) is 0 Å². The van der Waals surface area contributed by atoms with E-state index in [9.17, 15) is 14.7 Å². The lowest BCUT2D eigenvalue weighted by Gasteiger charge is -2.27. The molecule has 1 aliphatic rings. The Morgan fingerprint density at radius 2 is 1.78 bits per heavy atom. The first kappa shape index (κ1) is 15.0. The zero-order chi connectivity index (χ0) is 13.6. The third-order valence-corrected chi connectivity index (χ3v) is 3.61. The van der Waals surface area contributed by atoms with Crippen molar-refractivity contribution in [3.8, 4) is 0 Å². The van der Waals surface area contributed by atoms with E-state index in [0.717, 1.165) is 25.7 Å². The second kappa shape index (κ2) is 6.73. The number of aliphatic hydroxyl groups is 1. The minimum absolute atomic E-state index is 0.0229. The fourth-order valence-electron chi connectivity index (χ4n) is 2.50. The van der Waals surface area contributed by atoms with E-state index in [-0.39, 0.29) is 18.9 Å². The first-order chi connectivity index (χ1) is 8.46. The van der Waals surface area contributed by atoms with E-state index in [2.05, 4.69) is 5.32 Å². The predicted molar refractivity (Wildman–Crippen MR) is 67.1 cm³/mol. The van der Waals surface area contributed by atoms with Gasteiger partial charge in [-0.05, 0) is 19.8 Å². The number of amides is 1. The van der Waals surface area contributed by atoms with Gasteiger partial charge >= 0.3 is 5.97 Å². The summed E-state index contributed by atoms with van der Waals surface area (Å²) >= 11 is 0. The third-order valence-electron chi connectivity index (χ3n) is 3.61. The van der Waals surface area contributed by atoms with Crippen molar-refractivity contribution in [2.75, 3.05) is 6.54 Å². The van der Waals surface area contributed by atoms with Gasteiger partial charge in [-0.3, -0.25) is 9.59 Å². The molecule has 1 saturated carbocycles. The fourth-order valence-corrected chi connectivity index (χ4v) is 2.50. The van der Waals surface area contributed by atoms with Crippen molar-refractivity contribution >= 4 is 11.9 Å². The van der Waals surface area contributed by atoms with Gasteiger partial charge < -0.3 is 15.5 Å². The Balaban J connectivity index is 2.61. The molecule has 1 aliphatic carbocycles. The molecule has 18 heavy (non-hydrogen) atoms. The smallest absolute Gasteiger partial charge is 0.310 e. The van der Waals surface area contributed by atoms with Crippen molar-refractivity contribution in [2.45, 2.75) is 58.0 Å². The maximum absolute atomic E-state index is 11.8. The van der Waals surface area contributed by atoms with Gasteiger partial charge in [0.15, 0.2) is 0 Å². The molecule has 104 valence electrons. The molecular weight excluding hydrogens is 234 g/mol. The molecule has 5 nitrogen and oxygen atoms in total. The first-order valence-electron chi connectivity index (χ1n) is 6.64. The highest BCUT2D eigenvalue weighted by Crippen LogP contribution is 2.38. The molecule has 3 N–H and O–H groups in total. The Labute approximate surface area is 108 Å². The van der Waals surface area contributed by atoms with Crippen molar-refractivity contribution < 1.29 is 19.8 Å². The van der Waals surface area contributed by atoms with Crippen LogP contribution in [-0.2, 0) is 9.59 Å². The van der Waals surface area contributed by atoms with Crippen LogP contribution in [0.5, 0.6) is 0 Å². The number of nitrogens with one attached hydrogen (secondary N) is 1. The van der Waals surface area contributed by atoms with Crippen LogP contribution in [0.4, 0.5) is 0 Å². The normalized spacial score (nSPS) is 20.8. The van der Waals surface area contributed by atoms with Gasteiger partial charge in [0.1, 0.15) is 0 Å². The van der Waals surface area contributed by atoms with Crippen LogP contribution < -0.4 is 5.32 Å². The van der Waals surface area contributed by atoms with E-state index in [1.54, 1.807) is 6.92 Å². The highest BCUT2D eigenvalue weighted by Gasteiger charge is 2.40. The second-order valence-electron chi connectivity index (χ2n) is 5.33. The Morgan fingerprint density at radius 3 is 2.22 bits per heavy atom. The van der Waals surface area contributed by atoms with Gasteiger partial charge in [0.25, 0.3) is 0 Å². The van der Waals surface area contributed by atoms with Gasteiger partial charge in [0.2, 0.25) is 5.91 Å². The Kier molecular flexibility index (Phi) is 5.59. The van der Waals surface area contributed by atoms with E-state index >= 15 is 0 Å². The number of aliphatic carboxylic acids is 1. The summed E-state index contributed by atoms with van der Waals surface area (Å²) in [6.45, 7) is 1.76. The molecule has 1 fully saturated rings. The molecule has 0 bridgehead atoms. The summed E-state index contributed by atoms with van der Waals surface area (Å²) < 4.78 is 0. The van der Waals surface area contributed by atoms with Crippen LogP contribution in [0.15, 0.2) is 0 Å². The molecule has 0 saturated heterocycles. The number of aliphatic hydroxyl groups excluding tert-OH is 1. The zero-order valence-corrected chi connectivity index (χ0v) is 10.9. The maximum atomic E-state index is 11.8. The number of hydrogen-bond acceptors (Lipinski definition) is 3. The standard InChI is InChI=1S/C13H23NO4/c1-10(15)9-14-11(16)8-13(12(17)18)6-4-2-3-5-7-13/h10,15H,2-9H2,1H3,(H,14,16)(H,17,18)/t10-/m1/s1. The van der Waals surface area contributed by atoms with Crippen LogP contribution in [0, 0.1) is 5.41 Å². The highest BCUT2D eigenvalue weighted by atomic mass is 16.4. The van der Waals surface area contributed by atoms with Crippen molar-refractivity contribution in [3.63, 3.8) is 0 Å². The van der Waals surface area contributed by atoms with Gasteiger partial charge in [-0.15, -0.1) is 0 Å². The predicted octanol–water partition coefficient (Wildman–Crippen LogP) is 1.30. The Bertz CT molecular complexity index is 293. The van der Waals surface area contributed by atoms with E-state index in [4.69, 9.17) is 5.11 Å². The van der Waals surface area contributed by atoms with Crippen LogP contribution in [0.3, 0.4) is 0 Å². The van der Waals surface area contributed by atoms with Gasteiger partial charge in [0, 0.05) is 13.0 Å². The molecule has 0 aromatic carbocycles. The molecule has 5 heteroatoms. The lowest BCUT2D eigenvalue weighted by molar-refractivity contribution is -0.152. The molecule has 1 amide bonds. The summed E-state index contributed by atoms with van der Waals surface area (Å²) in [5.41, 5.74) is -0.903. The summed E-state index contributed by atoms with van der Waals surface area (Å²) in [6, 6.07) is 0. The average molecular weight is 257 g/mol. The second-order valence-corrected chi connectivity index (χ2v) is 5.33. The molecule has 1 atom stereocenters. The molecule has 0 unspecified atom stereocenters. The minimum atomic E-state index is -0.903. The van der Waals surface area contributed by atoms with Crippen molar-refractivity contribution in [2.24, 2.45) is 5.41 Å². The highest BCUT2D eigenvalue weighted by molar-refractivity contribution is 5.85. The van der Waals surface area contributed by atoms with Crippen LogP contribution >= 0.6 is 0 Å². The summed E-state index contributed by atoms with van der Waals surface area (Å²) in [6.07, 6.45) is 4.40. The van der Waals surface area contributed by atoms with Gasteiger partial charge in [-0.2, -0.15) is 0 Å². The summed E-state index contributed by atoms with van der Waals surface area (Å²) in [5, 5.41) is 21.1. The summed E-state index contributed by atoms with van der Waals surface area (Å²) in [7, 11) is 0. The number of carbonyl (C=O) groups excluding carboxylic acids is 1. The Hall–Kier alpha value is -1.10. The average Bonchev–Trinajstić information content (AvgIpc) is 2.53. The molecule has 1 rings (SSSR count). The van der Waals surface area contributed by atoms with Crippen molar-refractivity contribution in [1.29, 1.82) is 0 Å². The molecule has 0 heterocycles. The Morgan fingerprint density at radius 1 is 1.22 bits per heavy atom. The lowest BCUT2D eigenvalue weighted by Crippen LogP contribution is -2.39. The number of hydrogen-bond donors (Lipinski definition) is 3. The van der Waals surface area contributed by atoms with Crippen LogP contribution in [0.1, 0.15) is 51.9 Å². The molecule has 0 aromatic heterocycles. The van der Waals surface area contributed by atoms with E-state index < -0.39 is 17.5 Å². The maximum Gasteiger partial charge on any atom is 0.310 e. The quantitative estimate of drug-likeness (QED) is 0.648.